The Morgan fingerprint density at radius 2 is 2.03 bits per heavy atom. The Labute approximate surface area is 223 Å². The number of likely N-dealkylation sites (N-methyl/N-ethyl adjacent to an activating group) is 1. The van der Waals surface area contributed by atoms with Crippen molar-refractivity contribution in [1.29, 1.82) is 0 Å². The topological polar surface area (TPSA) is 93.2 Å². The second kappa shape index (κ2) is 12.8. The summed E-state index contributed by atoms with van der Waals surface area (Å²) in [5.41, 5.74) is 1.08. The van der Waals surface area contributed by atoms with Crippen molar-refractivity contribution < 1.29 is 23.8 Å². The number of carbonyl (C=O) groups is 2. The van der Waals surface area contributed by atoms with Gasteiger partial charge in [0.15, 0.2) is 0 Å². The maximum Gasteiger partial charge on any atom is 0.257 e. The third-order valence-corrected chi connectivity index (χ3v) is 8.02. The minimum Gasteiger partial charge on any atom is -0.491 e. The molecular weight excluding hydrogens is 492 g/mol. The van der Waals surface area contributed by atoms with Gasteiger partial charge >= 0.3 is 0 Å². The van der Waals surface area contributed by atoms with Gasteiger partial charge in [-0.15, -0.1) is 11.3 Å². The summed E-state index contributed by atoms with van der Waals surface area (Å²) in [6.45, 7) is 7.81. The number of hydrogen-bond acceptors (Lipinski definition) is 8. The summed E-state index contributed by atoms with van der Waals surface area (Å²) in [6.07, 6.45) is 3.12. The van der Waals surface area contributed by atoms with E-state index < -0.39 is 0 Å². The molecule has 0 aliphatic carbocycles. The number of methoxy groups -OCH3 is 1. The molecule has 2 aliphatic heterocycles. The van der Waals surface area contributed by atoms with Crippen LogP contribution in [0.3, 0.4) is 0 Å². The number of nitrogens with one attached hydrogen (secondary N) is 1. The number of benzene rings is 1. The normalized spacial score (nSPS) is 24.5. The standard InChI is InChI=1S/C27H38N4O5S/c1-18-14-31(16-25-28-9-12-37-25)19(2)17-36-23-13-21(29-26(32)20-7-10-35-11-8-20)5-6-22(23)27(33)30(3)15-24(18)34-4/h5-6,9,12-13,18-20,24H,7-8,10-11,14-17H2,1-4H3,(H,29,32)/t18-,19+,24+/m1/s1. The molecule has 0 bridgehead atoms. The number of rotatable bonds is 5. The molecule has 0 saturated carbocycles. The summed E-state index contributed by atoms with van der Waals surface area (Å²) in [5.74, 6) is 0.407. The Bertz CT molecular complexity index is 1040. The van der Waals surface area contributed by atoms with E-state index in [0.29, 0.717) is 62.8 Å². The molecule has 1 aromatic heterocycles. The van der Waals surface area contributed by atoms with Crippen LogP contribution in [0.2, 0.25) is 0 Å². The van der Waals surface area contributed by atoms with E-state index in [1.807, 2.05) is 11.6 Å². The number of carbonyl (C=O) groups excluding carboxylic acids is 2. The van der Waals surface area contributed by atoms with Crippen LogP contribution in [0.25, 0.3) is 0 Å². The molecule has 0 spiro atoms. The van der Waals surface area contributed by atoms with Gasteiger partial charge in [-0.3, -0.25) is 14.5 Å². The lowest BCUT2D eigenvalue weighted by molar-refractivity contribution is -0.122. The number of ether oxygens (including phenoxy) is 3. The Morgan fingerprint density at radius 3 is 2.73 bits per heavy atom. The van der Waals surface area contributed by atoms with Crippen molar-refractivity contribution in [3.05, 3.63) is 40.3 Å². The SMILES string of the molecule is CO[C@H]1CN(C)C(=O)c2ccc(NC(=O)C3CCOCC3)cc2OC[C@H](C)N(Cc2nccs2)C[C@H]1C. The lowest BCUT2D eigenvalue weighted by Crippen LogP contribution is -2.46. The summed E-state index contributed by atoms with van der Waals surface area (Å²) >= 11 is 1.64. The zero-order chi connectivity index (χ0) is 26.4. The average Bonchev–Trinajstić information content (AvgIpc) is 3.42. The van der Waals surface area contributed by atoms with Gasteiger partial charge in [0.05, 0.1) is 18.2 Å². The largest absolute Gasteiger partial charge is 0.491 e. The van der Waals surface area contributed by atoms with Gasteiger partial charge in [-0.05, 0) is 37.8 Å². The van der Waals surface area contributed by atoms with E-state index in [-0.39, 0.29) is 35.8 Å². The van der Waals surface area contributed by atoms with E-state index in [1.165, 1.54) is 0 Å². The van der Waals surface area contributed by atoms with Crippen molar-refractivity contribution in [3.8, 4) is 5.75 Å². The fraction of sp³-hybridized carbons (Fsp3) is 0.593. The maximum absolute atomic E-state index is 13.4. The number of fused-ring (bicyclic) bond motifs is 1. The first-order valence-electron chi connectivity index (χ1n) is 12.9. The Hall–Kier alpha value is -2.53. The highest BCUT2D eigenvalue weighted by Gasteiger charge is 2.29. The van der Waals surface area contributed by atoms with Crippen LogP contribution < -0.4 is 10.1 Å². The minimum atomic E-state index is -0.139. The highest BCUT2D eigenvalue weighted by molar-refractivity contribution is 7.09. The molecule has 2 amide bonds. The third-order valence-electron chi connectivity index (χ3n) is 7.26. The van der Waals surface area contributed by atoms with Crippen LogP contribution in [0.5, 0.6) is 5.75 Å². The monoisotopic (exact) mass is 530 g/mol. The number of anilines is 1. The van der Waals surface area contributed by atoms with E-state index >= 15 is 0 Å². The summed E-state index contributed by atoms with van der Waals surface area (Å²) in [5, 5.41) is 6.04. The van der Waals surface area contributed by atoms with Crippen LogP contribution in [-0.4, -0.2) is 85.8 Å². The van der Waals surface area contributed by atoms with Crippen molar-refractivity contribution in [3.63, 3.8) is 0 Å². The van der Waals surface area contributed by atoms with Crippen LogP contribution in [0.4, 0.5) is 5.69 Å². The van der Waals surface area contributed by atoms with Crippen molar-refractivity contribution in [2.24, 2.45) is 11.8 Å². The maximum atomic E-state index is 13.4. The Morgan fingerprint density at radius 1 is 1.24 bits per heavy atom. The first kappa shape index (κ1) is 27.5. The molecule has 10 heteroatoms. The minimum absolute atomic E-state index is 0.0280. The van der Waals surface area contributed by atoms with Gasteiger partial charge in [0, 0.05) is 75.8 Å². The van der Waals surface area contributed by atoms with Gasteiger partial charge in [-0.25, -0.2) is 4.98 Å². The first-order chi connectivity index (χ1) is 17.9. The molecule has 1 saturated heterocycles. The number of nitrogens with zero attached hydrogens (tertiary/aromatic N) is 3. The van der Waals surface area contributed by atoms with Gasteiger partial charge in [0.25, 0.3) is 5.91 Å². The molecule has 1 N–H and O–H groups in total. The lowest BCUT2D eigenvalue weighted by atomic mass is 9.99. The molecular formula is C27H38N4O5S. The molecule has 2 aliphatic rings. The van der Waals surface area contributed by atoms with E-state index in [4.69, 9.17) is 14.2 Å². The highest BCUT2D eigenvalue weighted by Crippen LogP contribution is 2.28. The number of hydrogen-bond donors (Lipinski definition) is 1. The zero-order valence-electron chi connectivity index (χ0n) is 22.1. The van der Waals surface area contributed by atoms with E-state index in [1.54, 1.807) is 48.6 Å². The second-order valence-corrected chi connectivity index (χ2v) is 11.0. The molecule has 9 nitrogen and oxygen atoms in total. The summed E-state index contributed by atoms with van der Waals surface area (Å²) < 4.78 is 17.5. The van der Waals surface area contributed by atoms with Crippen molar-refractivity contribution in [2.75, 3.05) is 52.4 Å². The molecule has 4 rings (SSSR count). The fourth-order valence-corrected chi connectivity index (χ4v) is 5.49. The van der Waals surface area contributed by atoms with Crippen molar-refractivity contribution in [2.45, 2.75) is 45.4 Å². The average molecular weight is 531 g/mol. The van der Waals surface area contributed by atoms with Crippen LogP contribution in [-0.2, 0) is 20.8 Å². The smallest absolute Gasteiger partial charge is 0.257 e. The zero-order valence-corrected chi connectivity index (χ0v) is 23.0. The predicted octanol–water partition coefficient (Wildman–Crippen LogP) is 3.51. The fourth-order valence-electron chi connectivity index (χ4n) is 4.85. The number of aromatic nitrogens is 1. The quantitative estimate of drug-likeness (QED) is 0.632. The predicted molar refractivity (Wildman–Crippen MR) is 143 cm³/mol. The second-order valence-electron chi connectivity index (χ2n) is 10.0. The summed E-state index contributed by atoms with van der Waals surface area (Å²) in [4.78, 5) is 34.7. The number of amides is 2. The molecule has 0 unspecified atom stereocenters. The highest BCUT2D eigenvalue weighted by atomic mass is 32.1. The molecule has 1 aromatic carbocycles. The molecule has 2 aromatic rings. The van der Waals surface area contributed by atoms with E-state index in [9.17, 15) is 9.59 Å². The molecule has 202 valence electrons. The van der Waals surface area contributed by atoms with Crippen LogP contribution in [0, 0.1) is 11.8 Å². The molecule has 3 atom stereocenters. The molecule has 3 heterocycles. The van der Waals surface area contributed by atoms with Gasteiger partial charge < -0.3 is 24.4 Å². The van der Waals surface area contributed by atoms with Gasteiger partial charge in [0.2, 0.25) is 5.91 Å². The number of thiazole rings is 1. The van der Waals surface area contributed by atoms with Gasteiger partial charge in [-0.2, -0.15) is 0 Å². The van der Waals surface area contributed by atoms with Crippen LogP contribution >= 0.6 is 11.3 Å². The third kappa shape index (κ3) is 7.07. The summed E-state index contributed by atoms with van der Waals surface area (Å²) in [6, 6.07) is 5.33. The van der Waals surface area contributed by atoms with Gasteiger partial charge in [0.1, 0.15) is 17.4 Å². The molecule has 0 radical (unpaired) electrons. The molecule has 37 heavy (non-hydrogen) atoms. The van der Waals surface area contributed by atoms with Crippen molar-refractivity contribution in [1.82, 2.24) is 14.8 Å². The van der Waals surface area contributed by atoms with Crippen LogP contribution in [0.15, 0.2) is 29.8 Å². The first-order valence-corrected chi connectivity index (χ1v) is 13.8. The lowest BCUT2D eigenvalue weighted by Gasteiger charge is -2.35. The Balaban J connectivity index is 1.59. The van der Waals surface area contributed by atoms with E-state index in [0.717, 1.165) is 11.6 Å². The van der Waals surface area contributed by atoms with Crippen LogP contribution in [0.1, 0.15) is 42.1 Å². The summed E-state index contributed by atoms with van der Waals surface area (Å²) in [7, 11) is 3.48. The molecule has 1 fully saturated rings. The van der Waals surface area contributed by atoms with Crippen molar-refractivity contribution >= 4 is 28.8 Å². The van der Waals surface area contributed by atoms with Gasteiger partial charge in [-0.1, -0.05) is 6.92 Å². The van der Waals surface area contributed by atoms with E-state index in [2.05, 4.69) is 29.0 Å². The Kier molecular flexibility index (Phi) is 9.53.